The summed E-state index contributed by atoms with van der Waals surface area (Å²) >= 11 is 1.30. The van der Waals surface area contributed by atoms with Crippen molar-refractivity contribution in [2.24, 2.45) is 16.8 Å². The van der Waals surface area contributed by atoms with Gasteiger partial charge in [0.15, 0.2) is 0 Å². The number of carbonyl (C=O) groups is 1. The summed E-state index contributed by atoms with van der Waals surface area (Å²) < 4.78 is 0. The van der Waals surface area contributed by atoms with E-state index in [-0.39, 0.29) is 17.7 Å². The first kappa shape index (κ1) is 13.4. The average molecular weight is 256 g/mol. The molecule has 0 fully saturated rings. The molecule has 0 spiro atoms. The van der Waals surface area contributed by atoms with Crippen LogP contribution in [0, 0.1) is 5.92 Å². The largest absolute Gasteiger partial charge is 0.409 e. The highest BCUT2D eigenvalue weighted by Crippen LogP contribution is 2.11. The lowest BCUT2D eigenvalue weighted by atomic mass is 10.1. The van der Waals surface area contributed by atoms with E-state index >= 15 is 0 Å². The number of hydrogen-bond donors (Lipinski definition) is 2. The van der Waals surface area contributed by atoms with Crippen molar-refractivity contribution in [2.45, 2.75) is 13.8 Å². The zero-order valence-electron chi connectivity index (χ0n) is 9.83. The Morgan fingerprint density at radius 1 is 1.76 bits per heavy atom. The van der Waals surface area contributed by atoms with Crippen LogP contribution >= 0.6 is 11.3 Å². The topological polar surface area (TPSA) is 91.8 Å². The monoisotopic (exact) mass is 256 g/mol. The van der Waals surface area contributed by atoms with Gasteiger partial charge in [-0.25, -0.2) is 0 Å². The van der Waals surface area contributed by atoms with Crippen LogP contribution in [0.15, 0.2) is 16.9 Å². The Balaban J connectivity index is 2.69. The number of oxime groups is 1. The van der Waals surface area contributed by atoms with Crippen molar-refractivity contribution in [3.63, 3.8) is 0 Å². The molecule has 6 nitrogen and oxygen atoms in total. The zero-order chi connectivity index (χ0) is 12.8. The Morgan fingerprint density at radius 3 is 2.94 bits per heavy atom. The smallest absolute Gasteiger partial charge is 0.265 e. The van der Waals surface area contributed by atoms with E-state index in [4.69, 9.17) is 10.9 Å². The number of amidine groups is 1. The van der Waals surface area contributed by atoms with Crippen LogP contribution in [-0.2, 0) is 0 Å². The Bertz CT molecular complexity index is 391. The van der Waals surface area contributed by atoms with Crippen molar-refractivity contribution in [3.05, 3.63) is 16.6 Å². The average Bonchev–Trinajstić information content (AvgIpc) is 2.87. The normalized spacial score (nSPS) is 13.4. The van der Waals surface area contributed by atoms with E-state index in [2.05, 4.69) is 10.1 Å². The van der Waals surface area contributed by atoms with Crippen LogP contribution in [0.4, 0.5) is 0 Å². The van der Waals surface area contributed by atoms with Gasteiger partial charge < -0.3 is 15.8 Å². The fourth-order valence-corrected chi connectivity index (χ4v) is 1.94. The fraction of sp³-hybridized carbons (Fsp3) is 0.500. The van der Waals surface area contributed by atoms with Crippen molar-refractivity contribution in [1.29, 1.82) is 0 Å². The number of thiazole rings is 1. The number of hydrogen-bond acceptors (Lipinski definition) is 5. The number of aromatic nitrogens is 1. The van der Waals surface area contributed by atoms with Crippen LogP contribution in [0.25, 0.3) is 0 Å². The van der Waals surface area contributed by atoms with Crippen LogP contribution in [0.2, 0.25) is 0 Å². The number of amides is 1. The van der Waals surface area contributed by atoms with Crippen molar-refractivity contribution in [2.75, 3.05) is 13.1 Å². The summed E-state index contributed by atoms with van der Waals surface area (Å²) in [7, 11) is 0. The minimum atomic E-state index is -0.183. The van der Waals surface area contributed by atoms with Crippen LogP contribution in [-0.4, -0.2) is 39.9 Å². The van der Waals surface area contributed by atoms with Gasteiger partial charge in [-0.15, -0.1) is 11.3 Å². The Hall–Kier alpha value is -1.63. The van der Waals surface area contributed by atoms with Crippen LogP contribution in [0.3, 0.4) is 0 Å². The van der Waals surface area contributed by atoms with E-state index < -0.39 is 0 Å². The maximum atomic E-state index is 12.0. The summed E-state index contributed by atoms with van der Waals surface area (Å²) in [5.74, 6) is -0.134. The minimum absolute atomic E-state index is 0.0763. The van der Waals surface area contributed by atoms with Gasteiger partial charge in [-0.3, -0.25) is 9.78 Å². The van der Waals surface area contributed by atoms with Crippen LogP contribution < -0.4 is 5.73 Å². The molecule has 1 amide bonds. The highest BCUT2D eigenvalue weighted by molar-refractivity contribution is 7.11. The third kappa shape index (κ3) is 3.42. The summed E-state index contributed by atoms with van der Waals surface area (Å²) in [5, 5.41) is 11.5. The van der Waals surface area contributed by atoms with E-state index in [0.717, 1.165) is 0 Å². The Labute approximate surface area is 104 Å². The van der Waals surface area contributed by atoms with Gasteiger partial charge in [0.25, 0.3) is 5.91 Å². The lowest BCUT2D eigenvalue weighted by Crippen LogP contribution is -2.38. The molecule has 3 N–H and O–H groups in total. The maximum absolute atomic E-state index is 12.0. The molecule has 1 rings (SSSR count). The fourth-order valence-electron chi connectivity index (χ4n) is 1.36. The SMILES string of the molecule is CCN(CC(C)C(N)=NO)C(=O)c1cncs1. The molecule has 1 aromatic heterocycles. The third-order valence-electron chi connectivity index (χ3n) is 2.43. The first-order valence-corrected chi connectivity index (χ1v) is 6.13. The summed E-state index contributed by atoms with van der Waals surface area (Å²) in [6.45, 7) is 4.68. The van der Waals surface area contributed by atoms with Crippen molar-refractivity contribution in [3.8, 4) is 0 Å². The molecule has 17 heavy (non-hydrogen) atoms. The first-order chi connectivity index (χ1) is 8.10. The second-order valence-corrected chi connectivity index (χ2v) is 4.52. The summed E-state index contributed by atoms with van der Waals surface area (Å²) in [5.41, 5.74) is 7.11. The molecule has 7 heteroatoms. The van der Waals surface area contributed by atoms with E-state index in [1.165, 1.54) is 11.3 Å². The standard InChI is InChI=1S/C10H16N4O2S/c1-3-14(5-7(2)9(11)13-16)10(15)8-4-12-6-17-8/h4,6-7,16H,3,5H2,1-2H3,(H2,11,13). The van der Waals surface area contributed by atoms with Gasteiger partial charge in [0.05, 0.1) is 11.7 Å². The lowest BCUT2D eigenvalue weighted by molar-refractivity contribution is 0.0758. The zero-order valence-corrected chi connectivity index (χ0v) is 10.6. The highest BCUT2D eigenvalue weighted by Gasteiger charge is 2.19. The molecule has 1 unspecified atom stereocenters. The molecule has 94 valence electrons. The lowest BCUT2D eigenvalue weighted by Gasteiger charge is -2.23. The van der Waals surface area contributed by atoms with Gasteiger partial charge in [-0.2, -0.15) is 0 Å². The van der Waals surface area contributed by atoms with Crippen LogP contribution in [0.5, 0.6) is 0 Å². The predicted octanol–water partition coefficient (Wildman–Crippen LogP) is 0.988. The molecule has 1 atom stereocenters. The molecule has 0 saturated heterocycles. The van der Waals surface area contributed by atoms with E-state index in [0.29, 0.717) is 18.0 Å². The van der Waals surface area contributed by atoms with Crippen LogP contribution in [0.1, 0.15) is 23.5 Å². The minimum Gasteiger partial charge on any atom is -0.409 e. The highest BCUT2D eigenvalue weighted by atomic mass is 32.1. The number of rotatable bonds is 5. The number of nitrogens with zero attached hydrogens (tertiary/aromatic N) is 3. The molecule has 0 aliphatic heterocycles. The molecule has 0 bridgehead atoms. The van der Waals surface area contributed by atoms with Crippen molar-refractivity contribution < 1.29 is 10.0 Å². The molecule has 0 radical (unpaired) electrons. The molecular weight excluding hydrogens is 240 g/mol. The third-order valence-corrected chi connectivity index (χ3v) is 3.19. The maximum Gasteiger partial charge on any atom is 0.265 e. The summed E-state index contributed by atoms with van der Waals surface area (Å²) in [6.07, 6.45) is 1.55. The van der Waals surface area contributed by atoms with Gasteiger partial charge in [-0.1, -0.05) is 12.1 Å². The Morgan fingerprint density at radius 2 is 2.47 bits per heavy atom. The first-order valence-electron chi connectivity index (χ1n) is 5.25. The van der Waals surface area contributed by atoms with E-state index in [1.54, 1.807) is 23.5 Å². The number of nitrogens with two attached hydrogens (primary N) is 1. The summed E-state index contributed by atoms with van der Waals surface area (Å²) in [4.78, 5) is 18.2. The van der Waals surface area contributed by atoms with Gasteiger partial charge in [-0.05, 0) is 6.92 Å². The molecule has 0 aromatic carbocycles. The molecule has 0 aliphatic rings. The predicted molar refractivity (Wildman–Crippen MR) is 66.3 cm³/mol. The van der Waals surface area contributed by atoms with Crippen molar-refractivity contribution in [1.82, 2.24) is 9.88 Å². The number of carbonyl (C=O) groups excluding carboxylic acids is 1. The summed E-state index contributed by atoms with van der Waals surface area (Å²) in [6, 6.07) is 0. The second kappa shape index (κ2) is 6.19. The van der Waals surface area contributed by atoms with E-state index in [9.17, 15) is 4.79 Å². The second-order valence-electron chi connectivity index (χ2n) is 3.64. The molecular formula is C10H16N4O2S. The van der Waals surface area contributed by atoms with Gasteiger partial charge in [0, 0.05) is 19.0 Å². The van der Waals surface area contributed by atoms with Crippen molar-refractivity contribution >= 4 is 23.1 Å². The van der Waals surface area contributed by atoms with Gasteiger partial charge in [0.2, 0.25) is 0 Å². The quantitative estimate of drug-likeness (QED) is 0.355. The molecule has 1 heterocycles. The molecule has 1 aromatic rings. The molecule has 0 saturated carbocycles. The van der Waals surface area contributed by atoms with E-state index in [1.807, 2.05) is 6.92 Å². The van der Waals surface area contributed by atoms with Gasteiger partial charge >= 0.3 is 0 Å². The molecule has 0 aliphatic carbocycles. The van der Waals surface area contributed by atoms with Gasteiger partial charge in [0.1, 0.15) is 10.7 Å². The Kier molecular flexibility index (Phi) is 4.89.